The third kappa shape index (κ3) is 2.17. The van der Waals surface area contributed by atoms with Crippen LogP contribution in [0, 0.1) is 0 Å². The number of hydrogen-bond donors (Lipinski definition) is 1. The molecule has 0 fully saturated rings. The van der Waals surface area contributed by atoms with Crippen molar-refractivity contribution in [3.63, 3.8) is 0 Å². The van der Waals surface area contributed by atoms with Crippen molar-refractivity contribution in [1.82, 2.24) is 0 Å². The standard InChI is InChI=1S/C16H16O3/c1-18-12-7-8-15-13(9-12)16(14(17)10-19-15)11-5-3-2-4-6-11/h2-9,14,16-17H,10H2,1H3/t14-,16-/m1/s1. The smallest absolute Gasteiger partial charge is 0.123 e. The fourth-order valence-electron chi connectivity index (χ4n) is 2.57. The van der Waals surface area contributed by atoms with Gasteiger partial charge in [-0.3, -0.25) is 0 Å². The number of fused-ring (bicyclic) bond motifs is 1. The minimum Gasteiger partial charge on any atom is -0.497 e. The average Bonchev–Trinajstić information content (AvgIpc) is 2.47. The van der Waals surface area contributed by atoms with Crippen LogP contribution in [0.5, 0.6) is 11.5 Å². The van der Waals surface area contributed by atoms with Crippen molar-refractivity contribution in [2.45, 2.75) is 12.0 Å². The number of aliphatic hydroxyl groups excluding tert-OH is 1. The maximum absolute atomic E-state index is 10.3. The number of hydrogen-bond acceptors (Lipinski definition) is 3. The van der Waals surface area contributed by atoms with E-state index in [1.807, 2.05) is 48.5 Å². The molecule has 0 unspecified atom stereocenters. The molecule has 2 aromatic rings. The Morgan fingerprint density at radius 1 is 1.16 bits per heavy atom. The highest BCUT2D eigenvalue weighted by Gasteiger charge is 2.31. The Hall–Kier alpha value is -2.00. The third-order valence-electron chi connectivity index (χ3n) is 3.51. The monoisotopic (exact) mass is 256 g/mol. The highest BCUT2D eigenvalue weighted by molar-refractivity contribution is 5.48. The second-order valence-electron chi connectivity index (χ2n) is 4.67. The lowest BCUT2D eigenvalue weighted by Crippen LogP contribution is -2.31. The van der Waals surface area contributed by atoms with Crippen LogP contribution in [0.2, 0.25) is 0 Å². The van der Waals surface area contributed by atoms with Crippen LogP contribution in [-0.4, -0.2) is 24.9 Å². The molecule has 2 atom stereocenters. The molecule has 0 amide bonds. The highest BCUT2D eigenvalue weighted by Crippen LogP contribution is 2.40. The lowest BCUT2D eigenvalue weighted by Gasteiger charge is -2.31. The molecule has 2 aromatic carbocycles. The van der Waals surface area contributed by atoms with E-state index in [0.717, 1.165) is 22.6 Å². The van der Waals surface area contributed by atoms with Crippen molar-refractivity contribution in [2.75, 3.05) is 13.7 Å². The SMILES string of the molecule is COc1ccc2c(c1)[C@@H](c1ccccc1)[C@H](O)CO2. The molecule has 1 N–H and O–H groups in total. The van der Waals surface area contributed by atoms with E-state index < -0.39 is 6.10 Å². The van der Waals surface area contributed by atoms with Crippen molar-refractivity contribution in [2.24, 2.45) is 0 Å². The van der Waals surface area contributed by atoms with Gasteiger partial charge in [0, 0.05) is 11.5 Å². The Kier molecular flexibility index (Phi) is 3.13. The number of aliphatic hydroxyl groups is 1. The zero-order valence-corrected chi connectivity index (χ0v) is 10.7. The molecule has 3 heteroatoms. The van der Waals surface area contributed by atoms with Gasteiger partial charge in [-0.25, -0.2) is 0 Å². The van der Waals surface area contributed by atoms with Crippen LogP contribution in [0.4, 0.5) is 0 Å². The van der Waals surface area contributed by atoms with E-state index in [4.69, 9.17) is 9.47 Å². The molecule has 0 radical (unpaired) electrons. The molecular formula is C16H16O3. The summed E-state index contributed by atoms with van der Waals surface area (Å²) >= 11 is 0. The molecule has 3 nitrogen and oxygen atoms in total. The molecule has 0 spiro atoms. The van der Waals surface area contributed by atoms with E-state index in [0.29, 0.717) is 6.61 Å². The quantitative estimate of drug-likeness (QED) is 0.897. The summed E-state index contributed by atoms with van der Waals surface area (Å²) < 4.78 is 10.8. The van der Waals surface area contributed by atoms with Gasteiger partial charge < -0.3 is 14.6 Å². The molecule has 1 aliphatic rings. The van der Waals surface area contributed by atoms with Crippen LogP contribution >= 0.6 is 0 Å². The van der Waals surface area contributed by atoms with Gasteiger partial charge in [-0.05, 0) is 23.8 Å². The summed E-state index contributed by atoms with van der Waals surface area (Å²) in [6, 6.07) is 15.7. The van der Waals surface area contributed by atoms with Gasteiger partial charge in [0.25, 0.3) is 0 Å². The van der Waals surface area contributed by atoms with Crippen LogP contribution in [0.3, 0.4) is 0 Å². The molecule has 0 bridgehead atoms. The molecule has 0 saturated carbocycles. The molecule has 0 aliphatic carbocycles. The first-order chi connectivity index (χ1) is 9.29. The molecule has 98 valence electrons. The Labute approximate surface area is 112 Å². The Morgan fingerprint density at radius 3 is 2.68 bits per heavy atom. The zero-order valence-electron chi connectivity index (χ0n) is 10.7. The molecule has 0 aromatic heterocycles. The summed E-state index contributed by atoms with van der Waals surface area (Å²) in [5.74, 6) is 1.53. The Morgan fingerprint density at radius 2 is 1.95 bits per heavy atom. The molecular weight excluding hydrogens is 240 g/mol. The van der Waals surface area contributed by atoms with Gasteiger partial charge in [0.2, 0.25) is 0 Å². The summed E-state index contributed by atoms with van der Waals surface area (Å²) in [6.07, 6.45) is -0.540. The maximum Gasteiger partial charge on any atom is 0.123 e. The normalized spacial score (nSPS) is 21.4. The van der Waals surface area contributed by atoms with Crippen LogP contribution in [0.25, 0.3) is 0 Å². The van der Waals surface area contributed by atoms with Gasteiger partial charge in [-0.2, -0.15) is 0 Å². The van der Waals surface area contributed by atoms with Crippen LogP contribution in [0.15, 0.2) is 48.5 Å². The summed E-state index contributed by atoms with van der Waals surface area (Å²) in [6.45, 7) is 0.318. The largest absolute Gasteiger partial charge is 0.497 e. The fraction of sp³-hybridized carbons (Fsp3) is 0.250. The van der Waals surface area contributed by atoms with Gasteiger partial charge in [-0.1, -0.05) is 30.3 Å². The summed E-state index contributed by atoms with van der Waals surface area (Å²) in [5, 5.41) is 10.3. The first-order valence-electron chi connectivity index (χ1n) is 6.33. The number of ether oxygens (including phenoxy) is 2. The van der Waals surface area contributed by atoms with Crippen molar-refractivity contribution >= 4 is 0 Å². The molecule has 1 aliphatic heterocycles. The topological polar surface area (TPSA) is 38.7 Å². The van der Waals surface area contributed by atoms with E-state index >= 15 is 0 Å². The predicted octanol–water partition coefficient (Wildman–Crippen LogP) is 2.58. The first-order valence-corrected chi connectivity index (χ1v) is 6.33. The van der Waals surface area contributed by atoms with Gasteiger partial charge in [0.1, 0.15) is 18.1 Å². The van der Waals surface area contributed by atoms with Gasteiger partial charge in [-0.15, -0.1) is 0 Å². The number of methoxy groups -OCH3 is 1. The fourth-order valence-corrected chi connectivity index (χ4v) is 2.57. The lowest BCUT2D eigenvalue weighted by molar-refractivity contribution is 0.0769. The first kappa shape index (κ1) is 12.1. The van der Waals surface area contributed by atoms with Gasteiger partial charge in [0.05, 0.1) is 13.2 Å². The van der Waals surface area contributed by atoms with Crippen LogP contribution in [0.1, 0.15) is 17.0 Å². The minimum absolute atomic E-state index is 0.0694. The predicted molar refractivity (Wildman–Crippen MR) is 72.8 cm³/mol. The lowest BCUT2D eigenvalue weighted by atomic mass is 9.85. The minimum atomic E-state index is -0.540. The van der Waals surface area contributed by atoms with E-state index in [-0.39, 0.29) is 5.92 Å². The average molecular weight is 256 g/mol. The molecule has 3 rings (SSSR count). The van der Waals surface area contributed by atoms with E-state index in [1.54, 1.807) is 7.11 Å². The summed E-state index contributed by atoms with van der Waals surface area (Å²) in [4.78, 5) is 0. The number of rotatable bonds is 2. The highest BCUT2D eigenvalue weighted by atomic mass is 16.5. The van der Waals surface area contributed by atoms with Crippen molar-refractivity contribution in [3.05, 3.63) is 59.7 Å². The van der Waals surface area contributed by atoms with Gasteiger partial charge >= 0.3 is 0 Å². The van der Waals surface area contributed by atoms with Crippen molar-refractivity contribution in [1.29, 1.82) is 0 Å². The second-order valence-corrected chi connectivity index (χ2v) is 4.67. The molecule has 0 saturated heterocycles. The zero-order chi connectivity index (χ0) is 13.2. The summed E-state index contributed by atoms with van der Waals surface area (Å²) in [5.41, 5.74) is 2.07. The Balaban J connectivity index is 2.10. The Bertz CT molecular complexity index is 565. The molecule has 1 heterocycles. The maximum atomic E-state index is 10.3. The molecule has 19 heavy (non-hydrogen) atoms. The van der Waals surface area contributed by atoms with Crippen molar-refractivity contribution < 1.29 is 14.6 Å². The van der Waals surface area contributed by atoms with E-state index in [2.05, 4.69) is 0 Å². The number of benzene rings is 2. The van der Waals surface area contributed by atoms with Crippen LogP contribution < -0.4 is 9.47 Å². The second kappa shape index (κ2) is 4.94. The van der Waals surface area contributed by atoms with E-state index in [1.165, 1.54) is 0 Å². The van der Waals surface area contributed by atoms with E-state index in [9.17, 15) is 5.11 Å². The van der Waals surface area contributed by atoms with Crippen molar-refractivity contribution in [3.8, 4) is 11.5 Å². The van der Waals surface area contributed by atoms with Crippen LogP contribution in [-0.2, 0) is 0 Å². The summed E-state index contributed by atoms with van der Waals surface area (Å²) in [7, 11) is 1.64. The van der Waals surface area contributed by atoms with Gasteiger partial charge in [0.15, 0.2) is 0 Å². The third-order valence-corrected chi connectivity index (χ3v) is 3.51.